The molecule has 2 unspecified atom stereocenters. The Kier molecular flexibility index (Phi) is 5.88. The largest absolute Gasteiger partial charge is 0.459 e. The highest BCUT2D eigenvalue weighted by Gasteiger charge is 2.38. The first kappa shape index (κ1) is 20.2. The maximum Gasteiger partial charge on any atom is 0.289 e. The Balaban J connectivity index is 1.28. The number of benzene rings is 1. The van der Waals surface area contributed by atoms with Crippen LogP contribution < -0.4 is 5.32 Å². The van der Waals surface area contributed by atoms with Crippen molar-refractivity contribution in [3.8, 4) is 0 Å². The molecule has 0 saturated carbocycles. The van der Waals surface area contributed by atoms with Crippen molar-refractivity contribution >= 4 is 17.7 Å². The van der Waals surface area contributed by atoms with E-state index in [1.807, 2.05) is 37.3 Å². The fourth-order valence-electron chi connectivity index (χ4n) is 4.30. The molecule has 158 valence electrons. The average molecular weight is 409 g/mol. The molecule has 2 aliphatic heterocycles. The summed E-state index contributed by atoms with van der Waals surface area (Å²) in [5.41, 5.74) is 1.07. The van der Waals surface area contributed by atoms with E-state index in [1.165, 1.54) is 6.26 Å². The van der Waals surface area contributed by atoms with Crippen LogP contribution in [0.4, 0.5) is 0 Å². The van der Waals surface area contributed by atoms with Gasteiger partial charge in [0.1, 0.15) is 0 Å². The minimum atomic E-state index is -0.327. The van der Waals surface area contributed by atoms with Crippen molar-refractivity contribution in [2.45, 2.75) is 38.3 Å². The molecule has 0 radical (unpaired) electrons. The average Bonchev–Trinajstić information content (AvgIpc) is 3.44. The van der Waals surface area contributed by atoms with E-state index < -0.39 is 0 Å². The second kappa shape index (κ2) is 8.73. The molecule has 2 fully saturated rings. The summed E-state index contributed by atoms with van der Waals surface area (Å²) < 4.78 is 5.18. The number of piperidine rings is 1. The Morgan fingerprint density at radius 2 is 1.83 bits per heavy atom. The maximum atomic E-state index is 12.8. The number of nitrogens with zero attached hydrogens (tertiary/aromatic N) is 2. The lowest BCUT2D eigenvalue weighted by molar-refractivity contribution is -0.130. The predicted molar refractivity (Wildman–Crippen MR) is 110 cm³/mol. The minimum absolute atomic E-state index is 0.0189. The summed E-state index contributed by atoms with van der Waals surface area (Å²) in [6, 6.07) is 13.2. The van der Waals surface area contributed by atoms with Crippen LogP contribution >= 0.6 is 0 Å². The van der Waals surface area contributed by atoms with Gasteiger partial charge in [0.2, 0.25) is 11.8 Å². The summed E-state index contributed by atoms with van der Waals surface area (Å²) in [5, 5.41) is 3.10. The van der Waals surface area contributed by atoms with Crippen LogP contribution in [-0.2, 0) is 9.59 Å². The van der Waals surface area contributed by atoms with Gasteiger partial charge in [-0.15, -0.1) is 0 Å². The summed E-state index contributed by atoms with van der Waals surface area (Å²) >= 11 is 0. The molecule has 2 aromatic rings. The third-order valence-electron chi connectivity index (χ3n) is 6.14. The Morgan fingerprint density at radius 1 is 1.10 bits per heavy atom. The van der Waals surface area contributed by atoms with Crippen molar-refractivity contribution in [1.82, 2.24) is 15.1 Å². The number of amides is 3. The molecular formula is C23H27N3O4. The summed E-state index contributed by atoms with van der Waals surface area (Å²) in [6.45, 7) is 3.59. The van der Waals surface area contributed by atoms with Crippen LogP contribution in [0.2, 0.25) is 0 Å². The Labute approximate surface area is 176 Å². The van der Waals surface area contributed by atoms with Crippen LogP contribution in [-0.4, -0.2) is 53.2 Å². The monoisotopic (exact) mass is 409 g/mol. The Hall–Kier alpha value is -3.09. The van der Waals surface area contributed by atoms with E-state index in [4.69, 9.17) is 4.42 Å². The number of nitrogens with one attached hydrogen (secondary N) is 1. The smallest absolute Gasteiger partial charge is 0.289 e. The summed E-state index contributed by atoms with van der Waals surface area (Å²) in [5.74, 6) is -0.148. The topological polar surface area (TPSA) is 82.9 Å². The van der Waals surface area contributed by atoms with Gasteiger partial charge in [-0.05, 0) is 37.5 Å². The molecule has 1 aromatic carbocycles. The lowest BCUT2D eigenvalue weighted by atomic mass is 10.0. The zero-order chi connectivity index (χ0) is 21.1. The molecule has 0 aliphatic carbocycles. The van der Waals surface area contributed by atoms with Crippen molar-refractivity contribution in [1.29, 1.82) is 0 Å². The van der Waals surface area contributed by atoms with Gasteiger partial charge < -0.3 is 19.5 Å². The van der Waals surface area contributed by atoms with Gasteiger partial charge in [0, 0.05) is 32.1 Å². The number of rotatable bonds is 5. The quantitative estimate of drug-likeness (QED) is 0.823. The van der Waals surface area contributed by atoms with E-state index in [0.29, 0.717) is 38.2 Å². The van der Waals surface area contributed by atoms with Gasteiger partial charge in [0.15, 0.2) is 5.76 Å². The first-order chi connectivity index (χ1) is 14.5. The van der Waals surface area contributed by atoms with Gasteiger partial charge in [0.05, 0.1) is 18.2 Å². The molecule has 7 heteroatoms. The standard InChI is InChI=1S/C23H27N3O4/c1-16(17-6-3-2-4-7-17)26-15-18(14-21(26)27)22(28)24-19-9-11-25(12-10-19)23(29)20-8-5-13-30-20/h2-8,13,16,18-19H,9-12,14-15H2,1H3,(H,24,28). The third-order valence-corrected chi connectivity index (χ3v) is 6.14. The Morgan fingerprint density at radius 3 is 2.50 bits per heavy atom. The van der Waals surface area contributed by atoms with Crippen LogP contribution in [0.15, 0.2) is 53.1 Å². The lowest BCUT2D eigenvalue weighted by Crippen LogP contribution is -2.48. The van der Waals surface area contributed by atoms with Crippen LogP contribution in [0.25, 0.3) is 0 Å². The third kappa shape index (κ3) is 4.25. The maximum absolute atomic E-state index is 12.8. The van der Waals surface area contributed by atoms with Crippen LogP contribution in [0.3, 0.4) is 0 Å². The number of furan rings is 1. The first-order valence-electron chi connectivity index (χ1n) is 10.5. The second-order valence-electron chi connectivity index (χ2n) is 8.09. The highest BCUT2D eigenvalue weighted by molar-refractivity contribution is 5.91. The predicted octanol–water partition coefficient (Wildman–Crippen LogP) is 2.61. The second-order valence-corrected chi connectivity index (χ2v) is 8.09. The first-order valence-corrected chi connectivity index (χ1v) is 10.5. The van der Waals surface area contributed by atoms with Crippen molar-refractivity contribution < 1.29 is 18.8 Å². The van der Waals surface area contributed by atoms with E-state index in [0.717, 1.165) is 5.56 Å². The fourth-order valence-corrected chi connectivity index (χ4v) is 4.30. The molecule has 7 nitrogen and oxygen atoms in total. The number of carbonyl (C=O) groups is 3. The van der Waals surface area contributed by atoms with Crippen molar-refractivity contribution in [2.75, 3.05) is 19.6 Å². The van der Waals surface area contributed by atoms with E-state index in [2.05, 4.69) is 5.32 Å². The van der Waals surface area contributed by atoms with Crippen LogP contribution in [0.5, 0.6) is 0 Å². The highest BCUT2D eigenvalue weighted by atomic mass is 16.3. The van der Waals surface area contributed by atoms with E-state index in [9.17, 15) is 14.4 Å². The molecule has 2 saturated heterocycles. The Bertz CT molecular complexity index is 888. The summed E-state index contributed by atoms with van der Waals surface area (Å²) in [6.07, 6.45) is 3.13. The molecule has 0 bridgehead atoms. The molecule has 0 spiro atoms. The van der Waals surface area contributed by atoms with E-state index in [1.54, 1.807) is 21.9 Å². The molecule has 2 atom stereocenters. The van der Waals surface area contributed by atoms with Crippen molar-refractivity contribution in [2.24, 2.45) is 5.92 Å². The van der Waals surface area contributed by atoms with Crippen molar-refractivity contribution in [3.05, 3.63) is 60.1 Å². The van der Waals surface area contributed by atoms with Crippen LogP contribution in [0, 0.1) is 5.92 Å². The van der Waals surface area contributed by atoms with Gasteiger partial charge in [-0.2, -0.15) is 0 Å². The van der Waals surface area contributed by atoms with Gasteiger partial charge in [0.25, 0.3) is 5.91 Å². The van der Waals surface area contributed by atoms with Crippen molar-refractivity contribution in [3.63, 3.8) is 0 Å². The SMILES string of the molecule is CC(c1ccccc1)N1CC(C(=O)NC2CCN(C(=O)c3ccco3)CC2)CC1=O. The molecule has 2 aliphatic rings. The van der Waals surface area contributed by atoms with Crippen LogP contribution in [0.1, 0.15) is 48.3 Å². The van der Waals surface area contributed by atoms with Gasteiger partial charge in [-0.1, -0.05) is 30.3 Å². The molecule has 1 aromatic heterocycles. The number of hydrogen-bond donors (Lipinski definition) is 1. The number of hydrogen-bond acceptors (Lipinski definition) is 4. The van der Waals surface area contributed by atoms with E-state index in [-0.39, 0.29) is 42.1 Å². The molecular weight excluding hydrogens is 382 g/mol. The van der Waals surface area contributed by atoms with Gasteiger partial charge >= 0.3 is 0 Å². The lowest BCUT2D eigenvalue weighted by Gasteiger charge is -2.32. The van der Waals surface area contributed by atoms with E-state index >= 15 is 0 Å². The molecule has 3 heterocycles. The zero-order valence-corrected chi connectivity index (χ0v) is 17.1. The number of carbonyl (C=O) groups excluding carboxylic acids is 3. The molecule has 30 heavy (non-hydrogen) atoms. The molecule has 3 amide bonds. The fraction of sp³-hybridized carbons (Fsp3) is 0.435. The minimum Gasteiger partial charge on any atom is -0.459 e. The van der Waals surface area contributed by atoms with Gasteiger partial charge in [-0.3, -0.25) is 14.4 Å². The highest BCUT2D eigenvalue weighted by Crippen LogP contribution is 2.28. The zero-order valence-electron chi connectivity index (χ0n) is 17.1. The summed E-state index contributed by atoms with van der Waals surface area (Å²) in [7, 11) is 0. The number of likely N-dealkylation sites (tertiary alicyclic amines) is 2. The normalized spacial score (nSPS) is 21.0. The molecule has 1 N–H and O–H groups in total. The summed E-state index contributed by atoms with van der Waals surface area (Å²) in [4.78, 5) is 41.2. The van der Waals surface area contributed by atoms with Gasteiger partial charge in [-0.25, -0.2) is 0 Å². The molecule has 4 rings (SSSR count).